The quantitative estimate of drug-likeness (QED) is 0.720. The van der Waals surface area contributed by atoms with E-state index in [1.54, 1.807) is 31.2 Å². The number of ketones is 1. The summed E-state index contributed by atoms with van der Waals surface area (Å²) >= 11 is 0. The second-order valence-corrected chi connectivity index (χ2v) is 6.46. The van der Waals surface area contributed by atoms with E-state index >= 15 is 0 Å². The van der Waals surface area contributed by atoms with Crippen LogP contribution >= 0.6 is 0 Å². The molecule has 0 radical (unpaired) electrons. The molecule has 1 aromatic heterocycles. The Kier molecular flexibility index (Phi) is 5.59. The average Bonchev–Trinajstić information content (AvgIpc) is 2.98. The van der Waals surface area contributed by atoms with Crippen LogP contribution in [0, 0.1) is 6.92 Å². The highest BCUT2D eigenvalue weighted by atomic mass is 16.5. The van der Waals surface area contributed by atoms with Gasteiger partial charge in [-0.25, -0.2) is 0 Å². The van der Waals surface area contributed by atoms with E-state index in [0.29, 0.717) is 54.2 Å². The van der Waals surface area contributed by atoms with Crippen LogP contribution in [0.15, 0.2) is 28.7 Å². The van der Waals surface area contributed by atoms with Crippen LogP contribution < -0.4 is 10.1 Å². The van der Waals surface area contributed by atoms with Crippen molar-refractivity contribution >= 4 is 23.3 Å². The number of amides is 1. The minimum Gasteiger partial charge on any atom is -0.494 e. The van der Waals surface area contributed by atoms with Gasteiger partial charge in [-0.2, -0.15) is 0 Å². The second-order valence-electron chi connectivity index (χ2n) is 6.46. The van der Waals surface area contributed by atoms with Crippen molar-refractivity contribution in [1.29, 1.82) is 0 Å². The molecule has 0 spiro atoms. The molecule has 27 heavy (non-hydrogen) atoms. The van der Waals surface area contributed by atoms with Gasteiger partial charge in [0.15, 0.2) is 11.5 Å². The highest BCUT2D eigenvalue weighted by Crippen LogP contribution is 2.30. The Morgan fingerprint density at radius 3 is 2.63 bits per heavy atom. The first kappa shape index (κ1) is 18.7. The molecular formula is C20H21NO6. The SMILES string of the molecule is Cc1c(C(=O)Nc2ccc(OCCCC(=O)O)cc2)oc2c1C(=O)CCC2. The summed E-state index contributed by atoms with van der Waals surface area (Å²) < 4.78 is 11.1. The highest BCUT2D eigenvalue weighted by Gasteiger charge is 2.28. The summed E-state index contributed by atoms with van der Waals surface area (Å²) in [5.74, 6) is 0.135. The van der Waals surface area contributed by atoms with Gasteiger partial charge in [0.05, 0.1) is 12.2 Å². The number of fused-ring (bicyclic) bond motifs is 1. The molecule has 142 valence electrons. The number of rotatable bonds is 7. The Hall–Kier alpha value is -3.09. The van der Waals surface area contributed by atoms with E-state index in [4.69, 9.17) is 14.3 Å². The number of aliphatic carboxylic acids is 1. The van der Waals surface area contributed by atoms with Gasteiger partial charge in [0.2, 0.25) is 0 Å². The molecule has 1 heterocycles. The lowest BCUT2D eigenvalue weighted by Crippen LogP contribution is -2.13. The number of benzene rings is 1. The van der Waals surface area contributed by atoms with Crippen molar-refractivity contribution in [3.05, 3.63) is 46.9 Å². The molecule has 0 fully saturated rings. The predicted molar refractivity (Wildman–Crippen MR) is 97.5 cm³/mol. The second kappa shape index (κ2) is 8.07. The number of nitrogens with one attached hydrogen (secondary N) is 1. The lowest BCUT2D eigenvalue weighted by molar-refractivity contribution is -0.137. The molecule has 7 nitrogen and oxygen atoms in total. The number of carbonyl (C=O) groups is 3. The average molecular weight is 371 g/mol. The Morgan fingerprint density at radius 1 is 1.22 bits per heavy atom. The first-order chi connectivity index (χ1) is 13.0. The Bertz CT molecular complexity index is 865. The molecule has 1 amide bonds. The van der Waals surface area contributed by atoms with Crippen molar-refractivity contribution in [2.75, 3.05) is 11.9 Å². The number of carbonyl (C=O) groups excluding carboxylic acids is 2. The largest absolute Gasteiger partial charge is 0.494 e. The summed E-state index contributed by atoms with van der Waals surface area (Å²) in [6, 6.07) is 6.77. The Morgan fingerprint density at radius 2 is 1.96 bits per heavy atom. The molecule has 2 aromatic rings. The third-order valence-corrected chi connectivity index (χ3v) is 4.43. The summed E-state index contributed by atoms with van der Waals surface area (Å²) in [6.45, 7) is 2.04. The van der Waals surface area contributed by atoms with E-state index in [2.05, 4.69) is 5.32 Å². The van der Waals surface area contributed by atoms with Crippen LogP contribution in [0.5, 0.6) is 5.75 Å². The number of carboxylic acid groups (broad SMARTS) is 1. The molecule has 0 saturated heterocycles. The summed E-state index contributed by atoms with van der Waals surface area (Å²) in [7, 11) is 0. The monoisotopic (exact) mass is 371 g/mol. The molecule has 0 aliphatic heterocycles. The molecule has 0 unspecified atom stereocenters. The number of anilines is 1. The molecule has 2 N–H and O–H groups in total. The molecule has 0 saturated carbocycles. The standard InChI is InChI=1S/C20H21NO6/c1-12-18-15(22)4-2-5-16(18)27-19(12)20(25)21-13-7-9-14(10-8-13)26-11-3-6-17(23)24/h7-10H,2-6,11H2,1H3,(H,21,25)(H,23,24). The number of ether oxygens (including phenoxy) is 1. The maximum Gasteiger partial charge on any atom is 0.303 e. The van der Waals surface area contributed by atoms with E-state index in [1.165, 1.54) is 0 Å². The van der Waals surface area contributed by atoms with Crippen LogP contribution in [0.25, 0.3) is 0 Å². The van der Waals surface area contributed by atoms with Crippen LogP contribution in [-0.4, -0.2) is 29.4 Å². The summed E-state index contributed by atoms with van der Waals surface area (Å²) in [6.07, 6.45) is 2.39. The normalized spacial score (nSPS) is 13.1. The number of hydrogen-bond acceptors (Lipinski definition) is 5. The highest BCUT2D eigenvalue weighted by molar-refractivity contribution is 6.07. The zero-order valence-corrected chi connectivity index (χ0v) is 15.0. The number of carboxylic acids is 1. The van der Waals surface area contributed by atoms with E-state index in [0.717, 1.165) is 6.42 Å². The molecule has 0 atom stereocenters. The number of aryl methyl sites for hydroxylation is 1. The fourth-order valence-corrected chi connectivity index (χ4v) is 3.10. The first-order valence-electron chi connectivity index (χ1n) is 8.87. The van der Waals surface area contributed by atoms with Crippen molar-refractivity contribution in [3.8, 4) is 5.75 Å². The number of hydrogen-bond donors (Lipinski definition) is 2. The zero-order chi connectivity index (χ0) is 19.4. The molecule has 0 bridgehead atoms. The van der Waals surface area contributed by atoms with Crippen molar-refractivity contribution in [2.45, 2.75) is 39.0 Å². The molecule has 3 rings (SSSR count). The topological polar surface area (TPSA) is 106 Å². The van der Waals surface area contributed by atoms with Gasteiger partial charge in [-0.15, -0.1) is 0 Å². The summed E-state index contributed by atoms with van der Waals surface area (Å²) in [5.41, 5.74) is 1.71. The van der Waals surface area contributed by atoms with E-state index in [1.807, 2.05) is 0 Å². The van der Waals surface area contributed by atoms with Crippen LogP contribution in [0.4, 0.5) is 5.69 Å². The van der Waals surface area contributed by atoms with Gasteiger partial charge in [-0.3, -0.25) is 14.4 Å². The lowest BCUT2D eigenvalue weighted by Gasteiger charge is -2.08. The van der Waals surface area contributed by atoms with Crippen molar-refractivity contribution in [2.24, 2.45) is 0 Å². The van der Waals surface area contributed by atoms with Gasteiger partial charge >= 0.3 is 5.97 Å². The predicted octanol–water partition coefficient (Wildman–Crippen LogP) is 3.60. The van der Waals surface area contributed by atoms with Gasteiger partial charge in [0.25, 0.3) is 5.91 Å². The van der Waals surface area contributed by atoms with Crippen LogP contribution in [-0.2, 0) is 11.2 Å². The van der Waals surface area contributed by atoms with Gasteiger partial charge < -0.3 is 19.6 Å². The molecular weight excluding hydrogens is 350 g/mol. The third kappa shape index (κ3) is 4.36. The van der Waals surface area contributed by atoms with Crippen molar-refractivity contribution in [3.63, 3.8) is 0 Å². The Balaban J connectivity index is 1.61. The van der Waals surface area contributed by atoms with Crippen molar-refractivity contribution in [1.82, 2.24) is 0 Å². The summed E-state index contributed by atoms with van der Waals surface area (Å²) in [5, 5.41) is 11.3. The smallest absolute Gasteiger partial charge is 0.303 e. The molecule has 1 aromatic carbocycles. The molecule has 7 heteroatoms. The Labute approximate surface area is 156 Å². The minimum atomic E-state index is -0.853. The van der Waals surface area contributed by atoms with Crippen LogP contribution in [0.2, 0.25) is 0 Å². The van der Waals surface area contributed by atoms with Gasteiger partial charge in [0, 0.05) is 30.5 Å². The zero-order valence-electron chi connectivity index (χ0n) is 15.0. The third-order valence-electron chi connectivity index (χ3n) is 4.43. The van der Waals surface area contributed by atoms with E-state index in [-0.39, 0.29) is 18.0 Å². The van der Waals surface area contributed by atoms with E-state index in [9.17, 15) is 14.4 Å². The fourth-order valence-electron chi connectivity index (χ4n) is 3.10. The number of Topliss-reactive ketones (excluding diaryl/α,β-unsaturated/α-hetero) is 1. The number of furan rings is 1. The van der Waals surface area contributed by atoms with Gasteiger partial charge in [0.1, 0.15) is 11.5 Å². The lowest BCUT2D eigenvalue weighted by atomic mass is 9.94. The molecule has 1 aliphatic carbocycles. The van der Waals surface area contributed by atoms with Crippen LogP contribution in [0.1, 0.15) is 57.9 Å². The van der Waals surface area contributed by atoms with Gasteiger partial charge in [-0.05, 0) is 44.0 Å². The van der Waals surface area contributed by atoms with Crippen molar-refractivity contribution < 1.29 is 28.6 Å². The van der Waals surface area contributed by atoms with E-state index < -0.39 is 11.9 Å². The van der Waals surface area contributed by atoms with Gasteiger partial charge in [-0.1, -0.05) is 0 Å². The molecule has 1 aliphatic rings. The minimum absolute atomic E-state index is 0.0287. The fraction of sp³-hybridized carbons (Fsp3) is 0.350. The summed E-state index contributed by atoms with van der Waals surface area (Å²) in [4.78, 5) is 35.0. The maximum atomic E-state index is 12.5. The van der Waals surface area contributed by atoms with Crippen LogP contribution in [0.3, 0.4) is 0 Å². The first-order valence-corrected chi connectivity index (χ1v) is 8.87. The maximum absolute atomic E-state index is 12.5.